The highest BCUT2D eigenvalue weighted by atomic mass is 19.1. The number of aromatic nitrogens is 6. The molecule has 15 rings (SSSR count). The highest BCUT2D eigenvalue weighted by Gasteiger charge is 2.24. The number of carboxylic acid groups (broad SMARTS) is 4. The van der Waals surface area contributed by atoms with Gasteiger partial charge >= 0.3 is 23.9 Å². The van der Waals surface area contributed by atoms with Crippen molar-refractivity contribution in [2.45, 2.75) is 0 Å². The third kappa shape index (κ3) is 27.4. The number of nitrogens with zero attached hydrogens (tertiary/aromatic N) is 12. The number of halogens is 3. The van der Waals surface area contributed by atoms with Crippen LogP contribution in [0.25, 0.3) is 66.1 Å². The van der Waals surface area contributed by atoms with E-state index < -0.39 is 23.9 Å². The van der Waals surface area contributed by atoms with Crippen LogP contribution in [0.5, 0.6) is 0 Å². The Morgan fingerprint density at radius 1 is 0.338 bits per heavy atom. The van der Waals surface area contributed by atoms with Gasteiger partial charge in [0.05, 0.1) is 53.4 Å². The van der Waals surface area contributed by atoms with Gasteiger partial charge in [-0.1, -0.05) is 111 Å². The highest BCUT2D eigenvalue weighted by molar-refractivity contribution is 6.03. The second-order valence-corrected chi connectivity index (χ2v) is 29.2. The molecule has 0 spiro atoms. The fourth-order valence-corrected chi connectivity index (χ4v) is 14.1. The summed E-state index contributed by atoms with van der Waals surface area (Å²) in [6.07, 6.45) is 11.0. The van der Waals surface area contributed by atoms with Gasteiger partial charge in [-0.3, -0.25) is 29.1 Å². The number of fused-ring (bicyclic) bond motifs is 3. The average molecular weight is 1770 g/mol. The van der Waals surface area contributed by atoms with Crippen LogP contribution in [0, 0.1) is 17.5 Å². The minimum Gasteiger partial charge on any atom is -0.478 e. The molecule has 0 radical (unpaired) electrons. The largest absolute Gasteiger partial charge is 0.478 e. The van der Waals surface area contributed by atoms with E-state index in [-0.39, 0.29) is 72.8 Å². The smallest absolute Gasteiger partial charge is 0.328 e. The molecule has 3 saturated heterocycles. The molecule has 9 aromatic carbocycles. The van der Waals surface area contributed by atoms with Crippen LogP contribution in [0.2, 0.25) is 0 Å². The molecule has 3 aliphatic heterocycles. The van der Waals surface area contributed by atoms with Gasteiger partial charge in [0.1, 0.15) is 17.5 Å². The SMILES string of the molecule is C=CC(=O)Nc1cccc(-c2cccc3cnc(Nc4ccc(N5CCN(CCO)CC5)cc4F)nc23)c1.C=CC(=O)Nc1cccc(-c2cccc3cnc(Nc4ccc(N5CCN(CCO)CC5)cc4F)nc23)c1.C=CC(=O)Nc1cccc(-c2cccc3cnc(Nc4ccc(N5CCN(CCO)CC5)cc4F)nc23)c1.O=C(O)/C=C\C(=O)O.O=C(O)/C=C\C(=O)O. The Kier molecular flexibility index (Phi) is 34.4. The second-order valence-electron chi connectivity index (χ2n) is 29.2. The van der Waals surface area contributed by atoms with E-state index in [9.17, 15) is 33.6 Å². The quantitative estimate of drug-likeness (QED) is 0.0203. The van der Waals surface area contributed by atoms with Crippen LogP contribution in [-0.2, 0) is 33.6 Å². The zero-order valence-corrected chi connectivity index (χ0v) is 70.4. The number of anilines is 12. The topological polar surface area (TPSA) is 430 Å². The lowest BCUT2D eigenvalue weighted by molar-refractivity contribution is -0.134. The summed E-state index contributed by atoms with van der Waals surface area (Å²) < 4.78 is 45.3. The number of piperazine rings is 3. The molecule has 32 nitrogen and oxygen atoms in total. The van der Waals surface area contributed by atoms with Crippen LogP contribution in [0.1, 0.15) is 0 Å². The minimum atomic E-state index is -1.26. The summed E-state index contributed by atoms with van der Waals surface area (Å²) >= 11 is 0. The van der Waals surface area contributed by atoms with Crippen molar-refractivity contribution in [2.24, 2.45) is 0 Å². The number of carboxylic acids is 4. The first-order valence-electron chi connectivity index (χ1n) is 41.0. The zero-order valence-electron chi connectivity index (χ0n) is 70.4. The summed E-state index contributed by atoms with van der Waals surface area (Å²) in [5.41, 5.74) is 12.6. The van der Waals surface area contributed by atoms with Crippen LogP contribution < -0.4 is 46.6 Å². The number of hydrogen-bond acceptors (Lipinski definition) is 25. The van der Waals surface area contributed by atoms with Crippen LogP contribution >= 0.6 is 0 Å². The number of aliphatic hydroxyl groups is 3. The molecule has 3 aliphatic rings. The van der Waals surface area contributed by atoms with E-state index in [1.165, 1.54) is 36.4 Å². The third-order valence-electron chi connectivity index (χ3n) is 20.5. The number of rotatable bonds is 28. The molecule has 3 aromatic heterocycles. The number of carbonyl (C=O) groups excluding carboxylic acids is 3. The van der Waals surface area contributed by atoms with E-state index in [4.69, 9.17) is 50.7 Å². The van der Waals surface area contributed by atoms with Crippen molar-refractivity contribution < 1.29 is 82.5 Å². The van der Waals surface area contributed by atoms with E-state index in [0.717, 1.165) is 145 Å². The fourth-order valence-electron chi connectivity index (χ4n) is 14.1. The van der Waals surface area contributed by atoms with Gasteiger partial charge in [-0.25, -0.2) is 62.3 Å². The standard InChI is InChI=1S/3C29H29FN6O2.2C4H4O4/c3*1-2-27(38)32-22-7-3-5-20(17-22)24-8-4-6-21-19-31-29(34-28(21)24)33-26-10-9-23(18-25(26)30)36-13-11-35(12-14-36)15-16-37;2*5-3(6)1-2-4(7)8/h3*2-10,17-19,37H,1,11-16H2,(H,32,38)(H,31,33,34);2*1-2H,(H,5,6)(H,7,8)/b;;;2*2-1-. The highest BCUT2D eigenvalue weighted by Crippen LogP contribution is 2.36. The predicted molar refractivity (Wildman–Crippen MR) is 496 cm³/mol. The Labute approximate surface area is 745 Å². The van der Waals surface area contributed by atoms with Gasteiger partial charge < -0.3 is 82.3 Å². The number of amides is 3. The van der Waals surface area contributed by atoms with E-state index in [0.29, 0.717) is 94.6 Å². The van der Waals surface area contributed by atoms with Crippen LogP contribution in [0.15, 0.2) is 263 Å². The van der Waals surface area contributed by atoms with E-state index in [2.05, 4.69) is 96.0 Å². The third-order valence-corrected chi connectivity index (χ3v) is 20.5. The van der Waals surface area contributed by atoms with Gasteiger partial charge in [0.15, 0.2) is 0 Å². The Bertz CT molecular complexity index is 5550. The number of β-amino-alcohol motifs (C(OH)–C–C–N with tert-alkyl or cyclic N) is 3. The Morgan fingerprint density at radius 2 is 0.592 bits per heavy atom. The molecular formula is C95H95F3N18O14. The van der Waals surface area contributed by atoms with Crippen molar-refractivity contribution in [2.75, 3.05) is 165 Å². The molecule has 0 aliphatic carbocycles. The van der Waals surface area contributed by atoms with E-state index in [1.807, 2.05) is 127 Å². The molecular weight excluding hydrogens is 1670 g/mol. The summed E-state index contributed by atoms with van der Waals surface area (Å²) in [6, 6.07) is 55.1. The number of aliphatic carboxylic acids is 4. The van der Waals surface area contributed by atoms with E-state index >= 15 is 13.2 Å². The van der Waals surface area contributed by atoms with Crippen molar-refractivity contribution >= 4 is 143 Å². The maximum Gasteiger partial charge on any atom is 0.328 e. The molecule has 12 aromatic rings. The number of nitrogens with one attached hydrogen (secondary N) is 6. The molecule has 130 heavy (non-hydrogen) atoms. The number of benzene rings is 9. The van der Waals surface area contributed by atoms with E-state index in [1.54, 1.807) is 55.0 Å². The summed E-state index contributed by atoms with van der Waals surface area (Å²) in [6.45, 7) is 22.6. The molecule has 3 amide bonds. The molecule has 0 atom stereocenters. The number of aliphatic hydroxyl groups excluding tert-OH is 3. The Balaban J connectivity index is 0.000000173. The van der Waals surface area contributed by atoms with Gasteiger partial charge in [-0.05, 0) is 126 Å². The lowest BCUT2D eigenvalue weighted by Crippen LogP contribution is -2.47. The first kappa shape index (κ1) is 95.0. The van der Waals surface area contributed by atoms with Crippen LogP contribution in [0.4, 0.5) is 82.2 Å². The number of para-hydroxylation sites is 3. The van der Waals surface area contributed by atoms with Gasteiger partial charge in [0, 0.05) is 208 Å². The lowest BCUT2D eigenvalue weighted by atomic mass is 10.0. The Hall–Kier alpha value is -15.7. The fraction of sp³-hybridized carbons (Fsp3) is 0.189. The van der Waals surface area contributed by atoms with Crippen LogP contribution in [0.3, 0.4) is 0 Å². The summed E-state index contributed by atoms with van der Waals surface area (Å²) in [7, 11) is 0. The summed E-state index contributed by atoms with van der Waals surface area (Å²) in [4.78, 5) is 114. The van der Waals surface area contributed by atoms with Gasteiger partial charge in [-0.15, -0.1) is 0 Å². The van der Waals surface area contributed by atoms with Gasteiger partial charge in [-0.2, -0.15) is 0 Å². The van der Waals surface area contributed by atoms with Crippen molar-refractivity contribution in [1.82, 2.24) is 44.6 Å². The van der Waals surface area contributed by atoms with Gasteiger partial charge in [0.25, 0.3) is 0 Å². The zero-order chi connectivity index (χ0) is 92.6. The molecule has 6 heterocycles. The predicted octanol–water partition coefficient (Wildman–Crippen LogP) is 12.7. The lowest BCUT2D eigenvalue weighted by Gasteiger charge is -2.35. The Morgan fingerprint density at radius 3 is 0.823 bits per heavy atom. The minimum absolute atomic E-state index is 0.146. The summed E-state index contributed by atoms with van der Waals surface area (Å²) in [5.74, 6) is -6.20. The maximum absolute atomic E-state index is 15.1. The van der Waals surface area contributed by atoms with Crippen molar-refractivity contribution in [3.63, 3.8) is 0 Å². The maximum atomic E-state index is 15.1. The number of hydrogen-bond donors (Lipinski definition) is 13. The molecule has 0 unspecified atom stereocenters. The molecule has 0 bridgehead atoms. The normalized spacial score (nSPS) is 13.4. The monoisotopic (exact) mass is 1770 g/mol. The van der Waals surface area contributed by atoms with Crippen molar-refractivity contribution in [3.8, 4) is 33.4 Å². The first-order chi connectivity index (χ1) is 62.9. The van der Waals surface area contributed by atoms with Crippen molar-refractivity contribution in [1.29, 1.82) is 0 Å². The number of carbonyl (C=O) groups is 7. The second kappa shape index (κ2) is 47.1. The summed E-state index contributed by atoms with van der Waals surface area (Å²) in [5, 5.41) is 78.5. The molecule has 35 heteroatoms. The van der Waals surface area contributed by atoms with Gasteiger partial charge in [0.2, 0.25) is 35.6 Å². The molecule has 0 saturated carbocycles. The van der Waals surface area contributed by atoms with Crippen molar-refractivity contribution in [3.05, 3.63) is 280 Å². The van der Waals surface area contributed by atoms with Crippen LogP contribution in [-0.4, -0.2) is 240 Å². The average Bonchev–Trinajstić information content (AvgIpc) is 0.798. The first-order valence-corrected chi connectivity index (χ1v) is 41.0. The molecule has 670 valence electrons. The molecule has 3 fully saturated rings. The molecule has 13 N–H and O–H groups in total.